The summed E-state index contributed by atoms with van der Waals surface area (Å²) in [5.41, 5.74) is 0. The number of nitrogens with zero attached hydrogens (tertiary/aromatic N) is 1. The van der Waals surface area contributed by atoms with Gasteiger partial charge in [-0.1, -0.05) is 13.3 Å². The molecule has 21 heavy (non-hydrogen) atoms. The molecular formula is C16H32N2O2S. The molecule has 0 aliphatic heterocycles. The smallest absolute Gasteiger partial charge is 0.150 e. The Kier molecular flexibility index (Phi) is 6.09. The first kappa shape index (κ1) is 17.2. The molecule has 0 bridgehead atoms. The first-order valence-electron chi connectivity index (χ1n) is 8.56. The molecule has 0 radical (unpaired) electrons. The van der Waals surface area contributed by atoms with Gasteiger partial charge in [0.1, 0.15) is 9.84 Å². The molecule has 0 heterocycles. The van der Waals surface area contributed by atoms with Crippen LogP contribution in [-0.2, 0) is 9.84 Å². The van der Waals surface area contributed by atoms with Crippen LogP contribution in [0.5, 0.6) is 0 Å². The van der Waals surface area contributed by atoms with Crippen molar-refractivity contribution in [2.75, 3.05) is 19.8 Å². The van der Waals surface area contributed by atoms with E-state index in [1.165, 1.54) is 31.9 Å². The molecule has 0 amide bonds. The number of rotatable bonds is 5. The second kappa shape index (κ2) is 7.42. The van der Waals surface area contributed by atoms with Crippen molar-refractivity contribution >= 4 is 9.84 Å². The SMILES string of the molecule is CCNC1CCC(N(C)C2CCCC(S(C)(=O)=O)C2)CC1. The van der Waals surface area contributed by atoms with Gasteiger partial charge in [0.05, 0.1) is 5.25 Å². The van der Waals surface area contributed by atoms with Crippen LogP contribution in [0.25, 0.3) is 0 Å². The van der Waals surface area contributed by atoms with Gasteiger partial charge in [-0.3, -0.25) is 0 Å². The Balaban J connectivity index is 1.87. The predicted molar refractivity (Wildman–Crippen MR) is 88.4 cm³/mol. The fourth-order valence-corrected chi connectivity index (χ4v) is 5.32. The third kappa shape index (κ3) is 4.67. The molecule has 2 aliphatic carbocycles. The quantitative estimate of drug-likeness (QED) is 0.845. The van der Waals surface area contributed by atoms with Gasteiger partial charge in [-0.15, -0.1) is 0 Å². The van der Waals surface area contributed by atoms with Gasteiger partial charge in [-0.05, 0) is 58.5 Å². The van der Waals surface area contributed by atoms with Crippen LogP contribution in [0.2, 0.25) is 0 Å². The molecule has 5 heteroatoms. The van der Waals surface area contributed by atoms with Gasteiger partial charge >= 0.3 is 0 Å². The van der Waals surface area contributed by atoms with E-state index < -0.39 is 9.84 Å². The molecule has 0 aromatic rings. The van der Waals surface area contributed by atoms with Gasteiger partial charge in [0, 0.05) is 24.4 Å². The fourth-order valence-electron chi connectivity index (χ4n) is 4.15. The average Bonchev–Trinajstić information content (AvgIpc) is 2.47. The van der Waals surface area contributed by atoms with Crippen LogP contribution < -0.4 is 5.32 Å². The Hall–Kier alpha value is -0.130. The highest BCUT2D eigenvalue weighted by atomic mass is 32.2. The van der Waals surface area contributed by atoms with Gasteiger partial charge in [-0.25, -0.2) is 8.42 Å². The van der Waals surface area contributed by atoms with E-state index in [4.69, 9.17) is 0 Å². The van der Waals surface area contributed by atoms with E-state index in [0.29, 0.717) is 18.1 Å². The van der Waals surface area contributed by atoms with Crippen LogP contribution in [0.1, 0.15) is 58.3 Å². The highest BCUT2D eigenvalue weighted by molar-refractivity contribution is 7.91. The van der Waals surface area contributed by atoms with Crippen molar-refractivity contribution in [3.63, 3.8) is 0 Å². The maximum Gasteiger partial charge on any atom is 0.150 e. The van der Waals surface area contributed by atoms with Crippen molar-refractivity contribution in [2.45, 2.75) is 81.7 Å². The summed E-state index contributed by atoms with van der Waals surface area (Å²) in [5.74, 6) is 0. The lowest BCUT2D eigenvalue weighted by Gasteiger charge is -2.42. The Labute approximate surface area is 130 Å². The summed E-state index contributed by atoms with van der Waals surface area (Å²) >= 11 is 0. The van der Waals surface area contributed by atoms with Crippen molar-refractivity contribution in [3.8, 4) is 0 Å². The van der Waals surface area contributed by atoms with E-state index in [0.717, 1.165) is 32.2 Å². The standard InChI is InChI=1S/C16H32N2O2S/c1-4-17-13-8-10-14(11-9-13)18(2)15-6-5-7-16(12-15)21(3,19)20/h13-17H,4-12H2,1-3H3. The van der Waals surface area contributed by atoms with Crippen molar-refractivity contribution in [1.29, 1.82) is 0 Å². The molecule has 2 unspecified atom stereocenters. The van der Waals surface area contributed by atoms with Crippen LogP contribution in [-0.4, -0.2) is 56.5 Å². The summed E-state index contributed by atoms with van der Waals surface area (Å²) in [6, 6.07) is 1.79. The zero-order valence-electron chi connectivity index (χ0n) is 13.8. The molecule has 0 spiro atoms. The van der Waals surface area contributed by atoms with E-state index >= 15 is 0 Å². The fraction of sp³-hybridized carbons (Fsp3) is 1.00. The third-order valence-corrected chi connectivity index (χ3v) is 7.18. The molecule has 1 N–H and O–H groups in total. The minimum Gasteiger partial charge on any atom is -0.314 e. The highest BCUT2D eigenvalue weighted by Crippen LogP contribution is 2.31. The van der Waals surface area contributed by atoms with E-state index in [2.05, 4.69) is 24.2 Å². The molecule has 2 rings (SSSR count). The summed E-state index contributed by atoms with van der Waals surface area (Å²) in [4.78, 5) is 2.50. The van der Waals surface area contributed by atoms with Gasteiger partial charge < -0.3 is 10.2 Å². The third-order valence-electron chi connectivity index (χ3n) is 5.55. The molecule has 0 aromatic carbocycles. The average molecular weight is 317 g/mol. The zero-order valence-corrected chi connectivity index (χ0v) is 14.7. The Bertz CT molecular complexity index is 416. The van der Waals surface area contributed by atoms with Gasteiger partial charge in [0.2, 0.25) is 0 Å². The summed E-state index contributed by atoms with van der Waals surface area (Å²) in [6.45, 7) is 3.23. The number of sulfone groups is 1. The van der Waals surface area contributed by atoms with Crippen LogP contribution >= 0.6 is 0 Å². The molecule has 2 aliphatic rings. The minimum atomic E-state index is -2.88. The summed E-state index contributed by atoms with van der Waals surface area (Å²) in [7, 11) is -0.660. The molecule has 2 atom stereocenters. The predicted octanol–water partition coefficient (Wildman–Crippen LogP) is 2.19. The lowest BCUT2D eigenvalue weighted by molar-refractivity contribution is 0.104. The summed E-state index contributed by atoms with van der Waals surface area (Å²) in [5, 5.41) is 3.44. The highest BCUT2D eigenvalue weighted by Gasteiger charge is 2.34. The Morgan fingerprint density at radius 1 is 1.05 bits per heavy atom. The van der Waals surface area contributed by atoms with E-state index in [9.17, 15) is 8.42 Å². The van der Waals surface area contributed by atoms with Crippen LogP contribution in [0.3, 0.4) is 0 Å². The molecule has 4 nitrogen and oxygen atoms in total. The lowest BCUT2D eigenvalue weighted by Crippen LogP contribution is -2.47. The van der Waals surface area contributed by atoms with Crippen LogP contribution in [0.15, 0.2) is 0 Å². The molecule has 2 fully saturated rings. The molecule has 2 saturated carbocycles. The van der Waals surface area contributed by atoms with Gasteiger partial charge in [-0.2, -0.15) is 0 Å². The lowest BCUT2D eigenvalue weighted by atomic mass is 9.87. The second-order valence-corrected chi connectivity index (χ2v) is 9.33. The number of nitrogens with one attached hydrogen (secondary N) is 1. The molecule has 0 saturated heterocycles. The van der Waals surface area contributed by atoms with Crippen LogP contribution in [0, 0.1) is 0 Å². The van der Waals surface area contributed by atoms with Crippen LogP contribution in [0.4, 0.5) is 0 Å². The maximum absolute atomic E-state index is 11.8. The minimum absolute atomic E-state index is 0.114. The van der Waals surface area contributed by atoms with E-state index in [1.807, 2.05) is 0 Å². The first-order chi connectivity index (χ1) is 9.91. The van der Waals surface area contributed by atoms with E-state index in [-0.39, 0.29) is 5.25 Å². The Morgan fingerprint density at radius 2 is 1.71 bits per heavy atom. The first-order valence-corrected chi connectivity index (χ1v) is 10.5. The van der Waals surface area contributed by atoms with Crippen molar-refractivity contribution in [3.05, 3.63) is 0 Å². The normalized spacial score (nSPS) is 35.0. The maximum atomic E-state index is 11.8. The number of hydrogen-bond acceptors (Lipinski definition) is 4. The van der Waals surface area contributed by atoms with Crippen molar-refractivity contribution < 1.29 is 8.42 Å². The molecule has 0 aromatic heterocycles. The molecular weight excluding hydrogens is 284 g/mol. The van der Waals surface area contributed by atoms with Crippen molar-refractivity contribution in [1.82, 2.24) is 10.2 Å². The molecule has 124 valence electrons. The topological polar surface area (TPSA) is 49.4 Å². The van der Waals surface area contributed by atoms with Gasteiger partial charge in [0.15, 0.2) is 0 Å². The summed E-state index contributed by atoms with van der Waals surface area (Å²) < 4.78 is 23.6. The summed E-state index contributed by atoms with van der Waals surface area (Å²) in [6.07, 6.45) is 10.3. The number of hydrogen-bond donors (Lipinski definition) is 1. The monoisotopic (exact) mass is 316 g/mol. The van der Waals surface area contributed by atoms with Gasteiger partial charge in [0.25, 0.3) is 0 Å². The Morgan fingerprint density at radius 3 is 2.29 bits per heavy atom. The van der Waals surface area contributed by atoms with E-state index in [1.54, 1.807) is 0 Å². The second-order valence-electron chi connectivity index (χ2n) is 7.00. The van der Waals surface area contributed by atoms with Crippen molar-refractivity contribution in [2.24, 2.45) is 0 Å². The zero-order chi connectivity index (χ0) is 15.5. The largest absolute Gasteiger partial charge is 0.314 e.